The summed E-state index contributed by atoms with van der Waals surface area (Å²) in [7, 11) is 0. The van der Waals surface area contributed by atoms with Crippen LogP contribution in [0.3, 0.4) is 0 Å². The van der Waals surface area contributed by atoms with Gasteiger partial charge in [0, 0.05) is 23.6 Å². The first kappa shape index (κ1) is 17.5. The third kappa shape index (κ3) is 4.84. The van der Waals surface area contributed by atoms with E-state index < -0.39 is 6.10 Å². The monoisotopic (exact) mass is 338 g/mol. The molecule has 3 rings (SSSR count). The molecule has 0 bridgehead atoms. The van der Waals surface area contributed by atoms with E-state index in [1.54, 1.807) is 0 Å². The molecular weight excluding hydrogens is 312 g/mol. The molecule has 2 aromatic carbocycles. The first-order valence-electron chi connectivity index (χ1n) is 8.91. The lowest BCUT2D eigenvalue weighted by atomic mass is 10.1. The van der Waals surface area contributed by atoms with Crippen molar-refractivity contribution in [3.05, 3.63) is 65.9 Å². The smallest absolute Gasteiger partial charge is 0.119 e. The Morgan fingerprint density at radius 2 is 1.92 bits per heavy atom. The van der Waals surface area contributed by atoms with Gasteiger partial charge in [-0.1, -0.05) is 37.3 Å². The van der Waals surface area contributed by atoms with Crippen molar-refractivity contribution in [3.63, 3.8) is 0 Å². The first-order valence-corrected chi connectivity index (χ1v) is 8.91. The number of hydrogen-bond acceptors (Lipinski definition) is 3. The standard InChI is InChI=1S/C21H26N2O2/c1-2-16-7-9-19(10-8-16)25-15-18(24)14-22-12-11-17-13-23-21-6-4-3-5-20(17)21/h3-10,13,18,22-24H,2,11-12,14-15H2,1H3/t18-/m0/s1. The SMILES string of the molecule is CCc1ccc(OC[C@@H](O)CNCCc2c[nH]c3ccccc23)cc1. The predicted octanol–water partition coefficient (Wildman–Crippen LogP) is 3.30. The Labute approximate surface area is 148 Å². The minimum atomic E-state index is -0.520. The Hall–Kier alpha value is -2.30. The second-order valence-corrected chi connectivity index (χ2v) is 6.28. The number of aliphatic hydroxyl groups excluding tert-OH is 1. The van der Waals surface area contributed by atoms with Crippen LogP contribution in [0.2, 0.25) is 0 Å². The number of aromatic amines is 1. The number of aromatic nitrogens is 1. The molecule has 0 saturated heterocycles. The zero-order valence-electron chi connectivity index (χ0n) is 14.7. The summed E-state index contributed by atoms with van der Waals surface area (Å²) in [6, 6.07) is 16.3. The fraction of sp³-hybridized carbons (Fsp3) is 0.333. The minimum absolute atomic E-state index is 0.297. The van der Waals surface area contributed by atoms with E-state index in [0.29, 0.717) is 13.2 Å². The van der Waals surface area contributed by atoms with E-state index in [2.05, 4.69) is 53.8 Å². The highest BCUT2D eigenvalue weighted by atomic mass is 16.5. The maximum atomic E-state index is 10.0. The highest BCUT2D eigenvalue weighted by Crippen LogP contribution is 2.17. The van der Waals surface area contributed by atoms with Crippen molar-refractivity contribution in [1.82, 2.24) is 10.3 Å². The molecule has 1 heterocycles. The van der Waals surface area contributed by atoms with E-state index in [1.165, 1.54) is 22.0 Å². The van der Waals surface area contributed by atoms with Crippen LogP contribution in [0.4, 0.5) is 0 Å². The van der Waals surface area contributed by atoms with E-state index in [4.69, 9.17) is 4.74 Å². The Morgan fingerprint density at radius 3 is 2.72 bits per heavy atom. The highest BCUT2D eigenvalue weighted by molar-refractivity contribution is 5.83. The van der Waals surface area contributed by atoms with Crippen LogP contribution in [0.25, 0.3) is 10.9 Å². The van der Waals surface area contributed by atoms with Crippen molar-refractivity contribution < 1.29 is 9.84 Å². The molecule has 0 saturated carbocycles. The van der Waals surface area contributed by atoms with Crippen molar-refractivity contribution in [1.29, 1.82) is 0 Å². The van der Waals surface area contributed by atoms with Gasteiger partial charge in [-0.05, 0) is 48.7 Å². The van der Waals surface area contributed by atoms with Gasteiger partial charge in [-0.25, -0.2) is 0 Å². The van der Waals surface area contributed by atoms with Crippen LogP contribution in [-0.2, 0) is 12.8 Å². The van der Waals surface area contributed by atoms with Gasteiger partial charge in [0.2, 0.25) is 0 Å². The van der Waals surface area contributed by atoms with Gasteiger partial charge in [-0.2, -0.15) is 0 Å². The van der Waals surface area contributed by atoms with Crippen LogP contribution in [0.1, 0.15) is 18.1 Å². The van der Waals surface area contributed by atoms with Crippen LogP contribution in [0.15, 0.2) is 54.7 Å². The van der Waals surface area contributed by atoms with Gasteiger partial charge in [0.25, 0.3) is 0 Å². The number of hydrogen-bond donors (Lipinski definition) is 3. The lowest BCUT2D eigenvalue weighted by molar-refractivity contribution is 0.106. The minimum Gasteiger partial charge on any atom is -0.491 e. The molecule has 3 N–H and O–H groups in total. The van der Waals surface area contributed by atoms with Crippen molar-refractivity contribution in [2.75, 3.05) is 19.7 Å². The molecular formula is C21H26N2O2. The van der Waals surface area contributed by atoms with Gasteiger partial charge in [0.05, 0.1) is 0 Å². The summed E-state index contributed by atoms with van der Waals surface area (Å²) in [6.07, 6.45) is 3.49. The number of benzene rings is 2. The molecule has 0 unspecified atom stereocenters. The van der Waals surface area contributed by atoms with E-state index >= 15 is 0 Å². The normalized spacial score (nSPS) is 12.4. The summed E-state index contributed by atoms with van der Waals surface area (Å²) in [4.78, 5) is 3.29. The molecule has 25 heavy (non-hydrogen) atoms. The van der Waals surface area contributed by atoms with E-state index in [9.17, 15) is 5.11 Å². The second kappa shape index (κ2) is 8.70. The molecule has 3 aromatic rings. The largest absolute Gasteiger partial charge is 0.491 e. The number of H-pyrrole nitrogens is 1. The molecule has 0 spiro atoms. The number of nitrogens with one attached hydrogen (secondary N) is 2. The van der Waals surface area contributed by atoms with Crippen LogP contribution < -0.4 is 10.1 Å². The molecule has 0 aliphatic carbocycles. The topological polar surface area (TPSA) is 57.3 Å². The first-order chi connectivity index (χ1) is 12.3. The predicted molar refractivity (Wildman–Crippen MR) is 102 cm³/mol. The molecule has 4 heteroatoms. The van der Waals surface area contributed by atoms with Crippen LogP contribution in [0.5, 0.6) is 5.75 Å². The molecule has 0 amide bonds. The van der Waals surface area contributed by atoms with E-state index in [-0.39, 0.29) is 0 Å². The second-order valence-electron chi connectivity index (χ2n) is 6.28. The lowest BCUT2D eigenvalue weighted by Crippen LogP contribution is -2.32. The van der Waals surface area contributed by atoms with Crippen LogP contribution in [0, 0.1) is 0 Å². The fourth-order valence-electron chi connectivity index (χ4n) is 2.90. The number of rotatable bonds is 9. The summed E-state index contributed by atoms with van der Waals surface area (Å²) in [5.74, 6) is 0.801. The van der Waals surface area contributed by atoms with E-state index in [1.807, 2.05) is 18.2 Å². The molecule has 1 aromatic heterocycles. The molecule has 1 atom stereocenters. The van der Waals surface area contributed by atoms with E-state index in [0.717, 1.165) is 25.1 Å². The molecule has 0 aliphatic rings. The third-order valence-electron chi connectivity index (χ3n) is 4.40. The summed E-state index contributed by atoms with van der Waals surface area (Å²) in [5, 5.41) is 14.6. The van der Waals surface area contributed by atoms with Gasteiger partial charge in [-0.15, -0.1) is 0 Å². The Morgan fingerprint density at radius 1 is 1.12 bits per heavy atom. The highest BCUT2D eigenvalue weighted by Gasteiger charge is 2.06. The third-order valence-corrected chi connectivity index (χ3v) is 4.40. The van der Waals surface area contributed by atoms with Crippen molar-refractivity contribution in [2.24, 2.45) is 0 Å². The molecule has 0 aliphatic heterocycles. The van der Waals surface area contributed by atoms with Crippen molar-refractivity contribution in [3.8, 4) is 5.75 Å². The fourth-order valence-corrected chi connectivity index (χ4v) is 2.90. The lowest BCUT2D eigenvalue weighted by Gasteiger charge is -2.13. The number of para-hydroxylation sites is 1. The number of aliphatic hydroxyl groups is 1. The quantitative estimate of drug-likeness (QED) is 0.525. The summed E-state index contributed by atoms with van der Waals surface area (Å²) in [6.45, 7) is 3.77. The number of aryl methyl sites for hydroxylation is 1. The zero-order valence-corrected chi connectivity index (χ0v) is 14.7. The molecule has 0 radical (unpaired) electrons. The Bertz CT molecular complexity index is 780. The Balaban J connectivity index is 1.37. The Kier molecular flexibility index (Phi) is 6.09. The van der Waals surface area contributed by atoms with Gasteiger partial charge >= 0.3 is 0 Å². The van der Waals surface area contributed by atoms with Crippen molar-refractivity contribution >= 4 is 10.9 Å². The number of fused-ring (bicyclic) bond motifs is 1. The average molecular weight is 338 g/mol. The summed E-state index contributed by atoms with van der Waals surface area (Å²) >= 11 is 0. The summed E-state index contributed by atoms with van der Waals surface area (Å²) < 4.78 is 5.63. The number of ether oxygens (including phenoxy) is 1. The van der Waals surface area contributed by atoms with Crippen LogP contribution >= 0.6 is 0 Å². The molecule has 4 nitrogen and oxygen atoms in total. The van der Waals surface area contributed by atoms with Gasteiger partial charge < -0.3 is 20.1 Å². The molecule has 0 fully saturated rings. The van der Waals surface area contributed by atoms with Gasteiger partial charge in [0.1, 0.15) is 18.5 Å². The van der Waals surface area contributed by atoms with Gasteiger partial charge in [0.15, 0.2) is 0 Å². The van der Waals surface area contributed by atoms with Gasteiger partial charge in [-0.3, -0.25) is 0 Å². The zero-order chi connectivity index (χ0) is 17.5. The van der Waals surface area contributed by atoms with Crippen LogP contribution in [-0.4, -0.2) is 35.9 Å². The average Bonchev–Trinajstić information content (AvgIpc) is 3.07. The maximum absolute atomic E-state index is 10.0. The molecule has 132 valence electrons. The van der Waals surface area contributed by atoms with Crippen molar-refractivity contribution in [2.45, 2.75) is 25.9 Å². The maximum Gasteiger partial charge on any atom is 0.119 e. The summed E-state index contributed by atoms with van der Waals surface area (Å²) in [5.41, 5.74) is 3.75.